The van der Waals surface area contributed by atoms with E-state index in [2.05, 4.69) is 66.1 Å². The van der Waals surface area contributed by atoms with E-state index in [0.717, 1.165) is 135 Å². The number of aromatic nitrogens is 8. The van der Waals surface area contributed by atoms with E-state index < -0.39 is 0 Å². The standard InChI is InChI=1S/C21H16N4O.C21H17N3O3.C21H17N3O2/c1-13-5-6-18-17(9-13)21-20(23-18)16(11-19(26)24-21)14-3-2-4-15(10-14)25-8-7-22-12-25;1-12-17(13-5-4-6-14(11-13)24-9-10-27-21(24)26)19-18(23-20(12)25)15-7-2-3-8-16(15)22-19;25-18-12-16(21-20(23-18)15-7-1-2-8-17(15)22-21)13-5-3-6-14(11-13)24-10-4-9-19(24)26/h2-12,23H,1H3,(H,24,26);2-8,11,22H,9-10H2,1H3,(H,23,25);1-3,5-8,11-12,22H,4,9-10H2,(H,23,25). The number of anilines is 2. The van der Waals surface area contributed by atoms with Crippen molar-refractivity contribution in [3.8, 4) is 39.1 Å². The molecule has 0 radical (unpaired) electrons. The number of hydrogen-bond donors (Lipinski definition) is 6. The van der Waals surface area contributed by atoms with E-state index in [1.807, 2.05) is 138 Å². The van der Waals surface area contributed by atoms with Crippen LogP contribution in [-0.4, -0.2) is 71.2 Å². The van der Waals surface area contributed by atoms with Crippen LogP contribution in [0.4, 0.5) is 16.2 Å². The fourth-order valence-electron chi connectivity index (χ4n) is 11.1. The van der Waals surface area contributed by atoms with Gasteiger partial charge < -0.3 is 44.1 Å². The number of aromatic amines is 6. The van der Waals surface area contributed by atoms with Gasteiger partial charge in [0, 0.05) is 110 Å². The van der Waals surface area contributed by atoms with E-state index in [-0.39, 0.29) is 28.7 Å². The molecule has 2 aliphatic heterocycles. The number of carbonyl (C=O) groups is 2. The summed E-state index contributed by atoms with van der Waals surface area (Å²) in [5.41, 5.74) is 17.6. The number of hydrogen-bond acceptors (Lipinski definition) is 7. The Morgan fingerprint density at radius 3 is 1.68 bits per heavy atom. The minimum absolute atomic E-state index is 0.108. The van der Waals surface area contributed by atoms with Gasteiger partial charge in [-0.3, -0.25) is 24.1 Å². The number of nitrogens with one attached hydrogen (secondary N) is 6. The van der Waals surface area contributed by atoms with Gasteiger partial charge in [0.1, 0.15) is 6.61 Å². The molecule has 2 aliphatic rings. The zero-order valence-corrected chi connectivity index (χ0v) is 42.9. The van der Waals surface area contributed by atoms with Gasteiger partial charge in [0.25, 0.3) is 5.56 Å². The Hall–Kier alpha value is -10.5. The van der Waals surface area contributed by atoms with Crippen LogP contribution in [0, 0.1) is 13.8 Å². The maximum atomic E-state index is 12.6. The van der Waals surface area contributed by atoms with Gasteiger partial charge >= 0.3 is 6.09 Å². The fraction of sp³-hybridized carbons (Fsp3) is 0.111. The fourth-order valence-corrected chi connectivity index (χ4v) is 11.1. The van der Waals surface area contributed by atoms with Crippen LogP contribution in [0.2, 0.25) is 0 Å². The molecule has 13 aromatic rings. The van der Waals surface area contributed by atoms with Crippen molar-refractivity contribution in [3.05, 3.63) is 213 Å². The molecule has 79 heavy (non-hydrogen) atoms. The third kappa shape index (κ3) is 8.80. The zero-order chi connectivity index (χ0) is 53.9. The highest BCUT2D eigenvalue weighted by atomic mass is 16.6. The number of amides is 2. The van der Waals surface area contributed by atoms with Gasteiger partial charge in [-0.15, -0.1) is 0 Å². The van der Waals surface area contributed by atoms with E-state index in [1.165, 1.54) is 0 Å². The molecule has 2 fully saturated rings. The average Bonchev–Trinajstić information content (AvgIpc) is 4.48. The van der Waals surface area contributed by atoms with Gasteiger partial charge in [-0.2, -0.15) is 0 Å². The lowest BCUT2D eigenvalue weighted by atomic mass is 9.99. The van der Waals surface area contributed by atoms with Crippen molar-refractivity contribution < 1.29 is 14.3 Å². The van der Waals surface area contributed by atoms with Crippen molar-refractivity contribution in [2.24, 2.45) is 0 Å². The number of ether oxygens (including phenoxy) is 1. The highest BCUT2D eigenvalue weighted by Gasteiger charge is 2.25. The van der Waals surface area contributed by atoms with Gasteiger partial charge in [0.05, 0.1) is 46.0 Å². The van der Waals surface area contributed by atoms with Crippen molar-refractivity contribution >= 4 is 89.2 Å². The lowest BCUT2D eigenvalue weighted by Crippen LogP contribution is -2.23. The Kier molecular flexibility index (Phi) is 11.9. The Morgan fingerprint density at radius 1 is 0.494 bits per heavy atom. The average molecular weight is 1040 g/mol. The van der Waals surface area contributed by atoms with Crippen LogP contribution in [-0.2, 0) is 9.53 Å². The summed E-state index contributed by atoms with van der Waals surface area (Å²) in [4.78, 5) is 88.0. The number of rotatable bonds is 6. The summed E-state index contributed by atoms with van der Waals surface area (Å²) >= 11 is 0. The molecule has 0 spiro atoms. The molecule has 7 aromatic heterocycles. The van der Waals surface area contributed by atoms with Crippen molar-refractivity contribution in [1.82, 2.24) is 39.5 Å². The predicted octanol–water partition coefficient (Wildman–Crippen LogP) is 11.9. The summed E-state index contributed by atoms with van der Waals surface area (Å²) in [7, 11) is 0. The molecular weight excluding hydrogens is 993 g/mol. The molecule has 0 atom stereocenters. The first-order valence-electron chi connectivity index (χ1n) is 26.0. The maximum Gasteiger partial charge on any atom is 0.414 e. The molecule has 0 aliphatic carbocycles. The molecule has 2 amide bonds. The first-order chi connectivity index (χ1) is 38.5. The molecule has 0 saturated carbocycles. The van der Waals surface area contributed by atoms with E-state index in [1.54, 1.807) is 29.6 Å². The van der Waals surface area contributed by atoms with Crippen LogP contribution in [0.3, 0.4) is 0 Å². The van der Waals surface area contributed by atoms with Gasteiger partial charge in [0.15, 0.2) is 0 Å². The van der Waals surface area contributed by atoms with Crippen LogP contribution in [0.1, 0.15) is 24.0 Å². The number of pyridine rings is 3. The molecule has 16 nitrogen and oxygen atoms in total. The van der Waals surface area contributed by atoms with Crippen molar-refractivity contribution in [1.29, 1.82) is 0 Å². The SMILES string of the molecule is Cc1c(-c2cccc(N3CCOC3=O)c2)c2[nH]c3ccccc3c2[nH]c1=O.Cc1ccc2[nH]c3c(-c4cccc(-n5ccnc5)c4)cc(=O)[nH]c3c2c1.O=C1CCCN1c1cccc(-c2cc(=O)[nH]c3c2[nH]c2ccccc23)c1. The quantitative estimate of drug-likeness (QED) is 0.0947. The summed E-state index contributed by atoms with van der Waals surface area (Å²) in [5.74, 6) is 0.156. The molecular formula is C63H50N10O6. The monoisotopic (exact) mass is 1040 g/mol. The van der Waals surface area contributed by atoms with E-state index in [9.17, 15) is 24.0 Å². The summed E-state index contributed by atoms with van der Waals surface area (Å²) < 4.78 is 6.99. The molecule has 16 heteroatoms. The largest absolute Gasteiger partial charge is 0.447 e. The van der Waals surface area contributed by atoms with Crippen LogP contribution < -0.4 is 26.5 Å². The lowest BCUT2D eigenvalue weighted by molar-refractivity contribution is -0.117. The number of cyclic esters (lactones) is 1. The highest BCUT2D eigenvalue weighted by molar-refractivity contribution is 6.12. The van der Waals surface area contributed by atoms with Gasteiger partial charge in [0.2, 0.25) is 17.0 Å². The summed E-state index contributed by atoms with van der Waals surface area (Å²) in [5, 5.41) is 3.00. The molecule has 388 valence electrons. The normalized spacial score (nSPS) is 13.4. The van der Waals surface area contributed by atoms with Crippen molar-refractivity contribution in [3.63, 3.8) is 0 Å². The second-order valence-corrected chi connectivity index (χ2v) is 19.8. The Labute approximate surface area is 449 Å². The van der Waals surface area contributed by atoms with Gasteiger partial charge in [-0.1, -0.05) is 84.4 Å². The number of H-pyrrole nitrogens is 6. The molecule has 0 unspecified atom stereocenters. The van der Waals surface area contributed by atoms with Gasteiger partial charge in [-0.05, 0) is 97.6 Å². The van der Waals surface area contributed by atoms with E-state index >= 15 is 0 Å². The highest BCUT2D eigenvalue weighted by Crippen LogP contribution is 2.37. The lowest BCUT2D eigenvalue weighted by Gasteiger charge is -2.16. The topological polar surface area (TPSA) is 214 Å². The second kappa shape index (κ2) is 19.6. The summed E-state index contributed by atoms with van der Waals surface area (Å²) in [6.07, 6.45) is 6.56. The Morgan fingerprint density at radius 2 is 1.06 bits per heavy atom. The van der Waals surface area contributed by atoms with Crippen molar-refractivity contribution in [2.75, 3.05) is 29.5 Å². The van der Waals surface area contributed by atoms with E-state index in [0.29, 0.717) is 25.1 Å². The zero-order valence-electron chi connectivity index (χ0n) is 42.9. The second-order valence-electron chi connectivity index (χ2n) is 19.8. The molecule has 6 aromatic carbocycles. The first kappa shape index (κ1) is 48.2. The van der Waals surface area contributed by atoms with Crippen LogP contribution >= 0.6 is 0 Å². The molecule has 2 saturated heterocycles. The van der Waals surface area contributed by atoms with E-state index in [4.69, 9.17) is 4.74 Å². The van der Waals surface area contributed by atoms with Gasteiger partial charge in [-0.25, -0.2) is 9.78 Å². The first-order valence-corrected chi connectivity index (χ1v) is 26.0. The summed E-state index contributed by atoms with van der Waals surface area (Å²) in [6.45, 7) is 5.53. The van der Waals surface area contributed by atoms with Crippen LogP contribution in [0.5, 0.6) is 0 Å². The number of aryl methyl sites for hydroxylation is 1. The summed E-state index contributed by atoms with van der Waals surface area (Å²) in [6, 6.07) is 48.9. The van der Waals surface area contributed by atoms with Crippen LogP contribution in [0.15, 0.2) is 185 Å². The number of benzene rings is 6. The number of imidazole rings is 1. The number of fused-ring (bicyclic) bond motifs is 9. The Balaban J connectivity index is 0.000000112. The third-order valence-corrected chi connectivity index (χ3v) is 14.9. The van der Waals surface area contributed by atoms with Crippen LogP contribution in [0.25, 0.3) is 105 Å². The molecule has 0 bridgehead atoms. The minimum atomic E-state index is -0.342. The molecule has 9 heterocycles. The maximum absolute atomic E-state index is 12.6. The number of nitrogens with zero attached hydrogens (tertiary/aromatic N) is 4. The third-order valence-electron chi connectivity index (χ3n) is 14.9. The molecule has 6 N–H and O–H groups in total. The minimum Gasteiger partial charge on any atom is -0.447 e. The van der Waals surface area contributed by atoms with Crippen molar-refractivity contribution in [2.45, 2.75) is 26.7 Å². The number of para-hydroxylation sites is 2. The molecule has 15 rings (SSSR count). The number of carbonyl (C=O) groups excluding carboxylic acids is 2. The smallest absolute Gasteiger partial charge is 0.414 e. The Bertz CT molecular complexity index is 4750. The predicted molar refractivity (Wildman–Crippen MR) is 312 cm³/mol.